The zero-order valence-corrected chi connectivity index (χ0v) is 11.7. The van der Waals surface area contributed by atoms with Crippen LogP contribution in [0.3, 0.4) is 0 Å². The van der Waals surface area contributed by atoms with Crippen LogP contribution in [0.2, 0.25) is 0 Å². The Hall–Kier alpha value is -1.75. The van der Waals surface area contributed by atoms with Gasteiger partial charge in [-0.1, -0.05) is 25.1 Å². The summed E-state index contributed by atoms with van der Waals surface area (Å²) in [7, 11) is 0. The molecule has 0 fully saturated rings. The summed E-state index contributed by atoms with van der Waals surface area (Å²) in [5, 5.41) is 13.8. The molecule has 0 amide bonds. The third-order valence-corrected chi connectivity index (χ3v) is 3.89. The number of carbonyl (C=O) groups is 1. The summed E-state index contributed by atoms with van der Waals surface area (Å²) in [4.78, 5) is 15.2. The summed E-state index contributed by atoms with van der Waals surface area (Å²) in [5.74, 6) is -1.01. The van der Waals surface area contributed by atoms with Crippen LogP contribution in [-0.2, 0) is 0 Å². The van der Waals surface area contributed by atoms with Gasteiger partial charge in [0, 0.05) is 22.9 Å². The molecule has 1 atom stereocenters. The molecule has 1 aromatic carbocycles. The number of para-hydroxylation sites is 1. The molecule has 100 valence electrons. The van der Waals surface area contributed by atoms with Gasteiger partial charge >= 0.3 is 5.97 Å². The normalized spacial score (nSPS) is 12.3. The Morgan fingerprint density at radius 2 is 2.21 bits per heavy atom. The third kappa shape index (κ3) is 3.17. The first-order valence-corrected chi connectivity index (χ1v) is 7.30. The van der Waals surface area contributed by atoms with E-state index in [0.717, 1.165) is 17.6 Å². The summed E-state index contributed by atoms with van der Waals surface area (Å²) in [6.07, 6.45) is 2.06. The molecule has 1 heterocycles. The van der Waals surface area contributed by atoms with Crippen molar-refractivity contribution in [2.24, 2.45) is 0 Å². The van der Waals surface area contributed by atoms with Gasteiger partial charge < -0.3 is 10.4 Å². The van der Waals surface area contributed by atoms with Crippen molar-refractivity contribution < 1.29 is 9.90 Å². The van der Waals surface area contributed by atoms with Gasteiger partial charge in [-0.2, -0.15) is 11.8 Å². The van der Waals surface area contributed by atoms with E-state index in [2.05, 4.69) is 23.5 Å². The highest BCUT2D eigenvalue weighted by atomic mass is 32.2. The largest absolute Gasteiger partial charge is 0.477 e. The van der Waals surface area contributed by atoms with Crippen molar-refractivity contribution >= 4 is 34.3 Å². The minimum atomic E-state index is -1.01. The molecule has 0 radical (unpaired) electrons. The number of carboxylic acids is 1. The van der Waals surface area contributed by atoms with Crippen molar-refractivity contribution in [3.05, 3.63) is 36.0 Å². The van der Waals surface area contributed by atoms with Gasteiger partial charge in [0.05, 0.1) is 5.52 Å². The molecule has 1 unspecified atom stereocenters. The minimum absolute atomic E-state index is 0.0676. The Balaban J connectivity index is 2.41. The fourth-order valence-electron chi connectivity index (χ4n) is 1.77. The van der Waals surface area contributed by atoms with Gasteiger partial charge in [-0.25, -0.2) is 9.78 Å². The molecule has 0 bridgehead atoms. The number of anilines is 1. The number of nitrogens with one attached hydrogen (secondary N) is 1. The van der Waals surface area contributed by atoms with E-state index < -0.39 is 5.97 Å². The first-order chi connectivity index (χ1) is 9.11. The lowest BCUT2D eigenvalue weighted by atomic mass is 10.1. The molecule has 0 saturated heterocycles. The molecule has 0 aliphatic rings. The van der Waals surface area contributed by atoms with Crippen LogP contribution < -0.4 is 5.32 Å². The quantitative estimate of drug-likeness (QED) is 0.878. The van der Waals surface area contributed by atoms with Gasteiger partial charge in [0.2, 0.25) is 0 Å². The van der Waals surface area contributed by atoms with E-state index in [4.69, 9.17) is 5.11 Å². The van der Waals surface area contributed by atoms with E-state index in [1.165, 1.54) is 0 Å². The van der Waals surface area contributed by atoms with Crippen LogP contribution in [-0.4, -0.2) is 34.1 Å². The van der Waals surface area contributed by atoms with Crippen LogP contribution in [0.5, 0.6) is 0 Å². The van der Waals surface area contributed by atoms with Crippen LogP contribution in [0.25, 0.3) is 10.9 Å². The Kier molecular flexibility index (Phi) is 4.27. The molecule has 2 aromatic rings. The van der Waals surface area contributed by atoms with Crippen molar-refractivity contribution in [3.8, 4) is 0 Å². The fourth-order valence-corrected chi connectivity index (χ4v) is 2.02. The summed E-state index contributed by atoms with van der Waals surface area (Å²) in [5.41, 5.74) is 1.59. The van der Waals surface area contributed by atoms with E-state index in [-0.39, 0.29) is 5.69 Å². The second-order valence-corrected chi connectivity index (χ2v) is 5.58. The van der Waals surface area contributed by atoms with Gasteiger partial charge in [-0.05, 0) is 18.4 Å². The molecular weight excluding hydrogens is 260 g/mol. The highest BCUT2D eigenvalue weighted by molar-refractivity contribution is 7.99. The van der Waals surface area contributed by atoms with Crippen LogP contribution in [0.15, 0.2) is 30.3 Å². The van der Waals surface area contributed by atoms with Crippen molar-refractivity contribution in [3.63, 3.8) is 0 Å². The minimum Gasteiger partial charge on any atom is -0.477 e. The van der Waals surface area contributed by atoms with E-state index in [1.54, 1.807) is 17.8 Å². The van der Waals surface area contributed by atoms with Gasteiger partial charge in [-0.15, -0.1) is 0 Å². The maximum Gasteiger partial charge on any atom is 0.354 e. The van der Waals surface area contributed by atoms with Crippen molar-refractivity contribution in [1.29, 1.82) is 0 Å². The topological polar surface area (TPSA) is 62.2 Å². The number of benzene rings is 1. The van der Waals surface area contributed by atoms with Crippen molar-refractivity contribution in [1.82, 2.24) is 4.98 Å². The zero-order valence-electron chi connectivity index (χ0n) is 10.9. The van der Waals surface area contributed by atoms with Gasteiger partial charge in [0.25, 0.3) is 0 Å². The summed E-state index contributed by atoms with van der Waals surface area (Å²) >= 11 is 1.77. The number of rotatable bonds is 5. The maximum atomic E-state index is 11.1. The molecule has 0 spiro atoms. The van der Waals surface area contributed by atoms with Crippen LogP contribution in [0, 0.1) is 0 Å². The predicted octanol–water partition coefficient (Wildman–Crippen LogP) is 3.10. The second kappa shape index (κ2) is 5.93. The predicted molar refractivity (Wildman–Crippen MR) is 80.2 cm³/mol. The molecular formula is C14H16N2O2S. The summed E-state index contributed by atoms with van der Waals surface area (Å²) < 4.78 is 0. The summed E-state index contributed by atoms with van der Waals surface area (Å²) in [6, 6.07) is 9.14. The van der Waals surface area contributed by atoms with E-state index in [9.17, 15) is 4.79 Å². The first kappa shape index (κ1) is 13.7. The van der Waals surface area contributed by atoms with Gasteiger partial charge in [0.15, 0.2) is 5.69 Å². The molecule has 5 heteroatoms. The molecule has 1 aromatic heterocycles. The first-order valence-electron chi connectivity index (χ1n) is 6.01. The van der Waals surface area contributed by atoms with Crippen LogP contribution in [0.4, 0.5) is 5.69 Å². The number of pyridine rings is 1. The maximum absolute atomic E-state index is 11.1. The molecule has 0 aliphatic heterocycles. The molecule has 0 aliphatic carbocycles. The molecule has 19 heavy (non-hydrogen) atoms. The lowest BCUT2D eigenvalue weighted by molar-refractivity contribution is 0.0691. The average Bonchev–Trinajstić information content (AvgIpc) is 2.43. The number of aromatic nitrogens is 1. The number of thioether (sulfide) groups is 1. The Labute approximate surface area is 116 Å². The Bertz CT molecular complexity index is 601. The highest BCUT2D eigenvalue weighted by Gasteiger charge is 2.11. The van der Waals surface area contributed by atoms with E-state index in [1.807, 2.05) is 24.3 Å². The number of hydrogen-bond donors (Lipinski definition) is 2. The zero-order chi connectivity index (χ0) is 13.8. The van der Waals surface area contributed by atoms with Crippen molar-refractivity contribution in [2.45, 2.75) is 12.2 Å². The Morgan fingerprint density at radius 1 is 1.47 bits per heavy atom. The lowest BCUT2D eigenvalue weighted by Crippen LogP contribution is -2.13. The van der Waals surface area contributed by atoms with Crippen molar-refractivity contribution in [2.75, 3.05) is 18.1 Å². The number of aromatic carboxylic acids is 1. The van der Waals surface area contributed by atoms with Gasteiger partial charge in [0.1, 0.15) is 0 Å². The number of carboxylic acid groups (broad SMARTS) is 1. The van der Waals surface area contributed by atoms with E-state index >= 15 is 0 Å². The average molecular weight is 276 g/mol. The van der Waals surface area contributed by atoms with E-state index in [0.29, 0.717) is 10.8 Å². The fraction of sp³-hybridized carbons (Fsp3) is 0.286. The number of nitrogens with zero attached hydrogens (tertiary/aromatic N) is 1. The number of hydrogen-bond acceptors (Lipinski definition) is 4. The second-order valence-electron chi connectivity index (χ2n) is 4.30. The smallest absolute Gasteiger partial charge is 0.354 e. The lowest BCUT2D eigenvalue weighted by Gasteiger charge is -2.13. The van der Waals surface area contributed by atoms with Crippen LogP contribution >= 0.6 is 11.8 Å². The van der Waals surface area contributed by atoms with Gasteiger partial charge in [-0.3, -0.25) is 0 Å². The standard InChI is InChI=1S/C14H16N2O2S/c1-9(19-2)8-15-12-7-13(14(17)18)16-11-6-4-3-5-10(11)12/h3-7,9H,8H2,1-2H3,(H,15,16)(H,17,18). The van der Waals surface area contributed by atoms with Crippen LogP contribution in [0.1, 0.15) is 17.4 Å². The third-order valence-electron chi connectivity index (χ3n) is 2.92. The molecule has 2 rings (SSSR count). The molecule has 2 N–H and O–H groups in total. The monoisotopic (exact) mass is 276 g/mol. The molecule has 4 nitrogen and oxygen atoms in total. The SMILES string of the molecule is CSC(C)CNc1cc(C(=O)O)nc2ccccc12. The Morgan fingerprint density at radius 3 is 2.89 bits per heavy atom. The number of fused-ring (bicyclic) bond motifs is 1. The highest BCUT2D eigenvalue weighted by Crippen LogP contribution is 2.23. The summed E-state index contributed by atoms with van der Waals surface area (Å²) in [6.45, 7) is 2.91. The molecule has 0 saturated carbocycles.